The van der Waals surface area contributed by atoms with Crippen molar-refractivity contribution in [2.75, 3.05) is 0 Å². The van der Waals surface area contributed by atoms with Crippen LogP contribution in [0.4, 0.5) is 0 Å². The lowest BCUT2D eigenvalue weighted by Crippen LogP contribution is -1.92. The number of allylic oxidation sites excluding steroid dienone is 8. The van der Waals surface area contributed by atoms with E-state index in [0.717, 1.165) is 18.4 Å². The molecule has 0 saturated heterocycles. The molecule has 15 heavy (non-hydrogen) atoms. The summed E-state index contributed by atoms with van der Waals surface area (Å²) in [5.41, 5.74) is 4.06. The Bertz CT molecular complexity index is 411. The van der Waals surface area contributed by atoms with Crippen LogP contribution in [0.3, 0.4) is 0 Å². The predicted octanol–water partition coefficient (Wildman–Crippen LogP) is 3.85. The van der Waals surface area contributed by atoms with E-state index in [1.807, 2.05) is 12.1 Å². The molecule has 0 heterocycles. The number of rotatable bonds is 3. The molecule has 1 aliphatic carbocycles. The molecule has 1 heteroatoms. The van der Waals surface area contributed by atoms with E-state index in [4.69, 9.17) is 5.26 Å². The van der Waals surface area contributed by atoms with Gasteiger partial charge in [-0.25, -0.2) is 0 Å². The van der Waals surface area contributed by atoms with E-state index in [1.54, 1.807) is 6.08 Å². The molecule has 0 aromatic rings. The van der Waals surface area contributed by atoms with Gasteiger partial charge in [-0.2, -0.15) is 5.26 Å². The maximum absolute atomic E-state index is 8.54. The Balaban J connectivity index is 2.68. The van der Waals surface area contributed by atoms with Gasteiger partial charge >= 0.3 is 0 Å². The Hall–Kier alpha value is -1.81. The highest BCUT2D eigenvalue weighted by atomic mass is 14.2. The van der Waals surface area contributed by atoms with Crippen LogP contribution < -0.4 is 0 Å². The molecule has 0 amide bonds. The van der Waals surface area contributed by atoms with E-state index in [2.05, 4.69) is 32.2 Å². The van der Waals surface area contributed by atoms with E-state index < -0.39 is 0 Å². The van der Waals surface area contributed by atoms with Gasteiger partial charge in [0.1, 0.15) is 0 Å². The third kappa shape index (κ3) is 3.44. The van der Waals surface area contributed by atoms with Crippen LogP contribution in [0.2, 0.25) is 0 Å². The van der Waals surface area contributed by atoms with Gasteiger partial charge in [-0.05, 0) is 37.0 Å². The van der Waals surface area contributed by atoms with Crippen molar-refractivity contribution >= 4 is 0 Å². The van der Waals surface area contributed by atoms with E-state index in [0.29, 0.717) is 5.57 Å². The minimum Gasteiger partial charge on any atom is -0.192 e. The lowest BCUT2D eigenvalue weighted by Gasteiger charge is -2.11. The fraction of sp³-hybridized carbons (Fsp3) is 0.214. The number of hydrogen-bond donors (Lipinski definition) is 0. The fourth-order valence-corrected chi connectivity index (χ4v) is 1.35. The first kappa shape index (κ1) is 11.3. The predicted molar refractivity (Wildman–Crippen MR) is 64.1 cm³/mol. The van der Waals surface area contributed by atoms with Gasteiger partial charge in [0.25, 0.3) is 0 Å². The van der Waals surface area contributed by atoms with E-state index in [-0.39, 0.29) is 0 Å². The molecule has 0 aliphatic heterocycles. The first-order valence-corrected chi connectivity index (χ1v) is 4.96. The SMILES string of the molecule is C=C(C#N)/C=C\C(=C)C1=CC=C(C)CC1. The summed E-state index contributed by atoms with van der Waals surface area (Å²) in [6.45, 7) is 9.69. The second-order valence-electron chi connectivity index (χ2n) is 3.70. The Morgan fingerprint density at radius 3 is 2.60 bits per heavy atom. The monoisotopic (exact) mass is 197 g/mol. The standard InChI is InChI=1S/C14H15N/c1-11-5-8-14(9-6-11)13(3)7-4-12(2)10-15/h4-5,7-8H,2-3,6,9H2,1H3/b7-4-. The van der Waals surface area contributed by atoms with Crippen molar-refractivity contribution in [2.24, 2.45) is 0 Å². The summed E-state index contributed by atoms with van der Waals surface area (Å²) in [6.07, 6.45) is 9.90. The van der Waals surface area contributed by atoms with Gasteiger partial charge in [0, 0.05) is 5.57 Å². The molecular formula is C14H15N. The first-order valence-electron chi connectivity index (χ1n) is 4.96. The fourth-order valence-electron chi connectivity index (χ4n) is 1.35. The van der Waals surface area contributed by atoms with Crippen molar-refractivity contribution in [3.05, 3.63) is 59.8 Å². The summed E-state index contributed by atoms with van der Waals surface area (Å²) < 4.78 is 0. The van der Waals surface area contributed by atoms with E-state index in [1.165, 1.54) is 11.1 Å². The van der Waals surface area contributed by atoms with Gasteiger partial charge in [-0.1, -0.05) is 37.0 Å². The molecule has 0 bridgehead atoms. The molecule has 0 atom stereocenters. The zero-order chi connectivity index (χ0) is 11.3. The quantitative estimate of drug-likeness (QED) is 0.498. The van der Waals surface area contributed by atoms with E-state index in [9.17, 15) is 0 Å². The minimum absolute atomic E-state index is 0.458. The second-order valence-corrected chi connectivity index (χ2v) is 3.70. The van der Waals surface area contributed by atoms with E-state index >= 15 is 0 Å². The van der Waals surface area contributed by atoms with Gasteiger partial charge in [0.05, 0.1) is 6.07 Å². The number of hydrogen-bond acceptors (Lipinski definition) is 1. The summed E-state index contributed by atoms with van der Waals surface area (Å²) in [6, 6.07) is 1.98. The highest BCUT2D eigenvalue weighted by molar-refractivity contribution is 5.45. The van der Waals surface area contributed by atoms with Gasteiger partial charge in [0.2, 0.25) is 0 Å². The van der Waals surface area contributed by atoms with Crippen molar-refractivity contribution in [2.45, 2.75) is 19.8 Å². The second kappa shape index (κ2) is 5.17. The van der Waals surface area contributed by atoms with Crippen LogP contribution in [0, 0.1) is 11.3 Å². The number of nitrogens with zero attached hydrogens (tertiary/aromatic N) is 1. The topological polar surface area (TPSA) is 23.8 Å². The van der Waals surface area contributed by atoms with Crippen molar-refractivity contribution in [1.82, 2.24) is 0 Å². The zero-order valence-corrected chi connectivity index (χ0v) is 9.09. The number of nitriles is 1. The lowest BCUT2D eigenvalue weighted by molar-refractivity contribution is 0.919. The van der Waals surface area contributed by atoms with Crippen molar-refractivity contribution < 1.29 is 0 Å². The molecule has 0 unspecified atom stereocenters. The Morgan fingerprint density at radius 1 is 1.33 bits per heavy atom. The Kier molecular flexibility index (Phi) is 3.88. The average Bonchev–Trinajstić information content (AvgIpc) is 2.26. The highest BCUT2D eigenvalue weighted by Gasteiger charge is 2.04. The summed E-state index contributed by atoms with van der Waals surface area (Å²) in [7, 11) is 0. The van der Waals surface area contributed by atoms with Gasteiger partial charge in [-0.3, -0.25) is 0 Å². The molecule has 1 nitrogen and oxygen atoms in total. The highest BCUT2D eigenvalue weighted by Crippen LogP contribution is 2.23. The summed E-state index contributed by atoms with van der Waals surface area (Å²) in [5, 5.41) is 8.54. The molecular weight excluding hydrogens is 182 g/mol. The third-order valence-electron chi connectivity index (χ3n) is 2.40. The van der Waals surface area contributed by atoms with Crippen LogP contribution in [0.25, 0.3) is 0 Å². The molecule has 0 radical (unpaired) electrons. The van der Waals surface area contributed by atoms with Crippen LogP contribution in [-0.2, 0) is 0 Å². The molecule has 0 aromatic carbocycles. The smallest absolute Gasteiger partial charge is 0.0985 e. The van der Waals surface area contributed by atoms with Crippen molar-refractivity contribution in [3.63, 3.8) is 0 Å². The third-order valence-corrected chi connectivity index (χ3v) is 2.40. The maximum atomic E-state index is 8.54. The largest absolute Gasteiger partial charge is 0.192 e. The summed E-state index contributed by atoms with van der Waals surface area (Å²) in [4.78, 5) is 0. The van der Waals surface area contributed by atoms with Crippen molar-refractivity contribution in [1.29, 1.82) is 5.26 Å². The molecule has 1 rings (SSSR count). The molecule has 1 aliphatic rings. The molecule has 0 aromatic heterocycles. The maximum Gasteiger partial charge on any atom is 0.0985 e. The minimum atomic E-state index is 0.458. The van der Waals surface area contributed by atoms with Crippen LogP contribution >= 0.6 is 0 Å². The van der Waals surface area contributed by atoms with Crippen molar-refractivity contribution in [3.8, 4) is 6.07 Å². The van der Waals surface area contributed by atoms with Crippen LogP contribution in [0.15, 0.2) is 59.8 Å². The molecule has 76 valence electrons. The van der Waals surface area contributed by atoms with Crippen LogP contribution in [0.1, 0.15) is 19.8 Å². The van der Waals surface area contributed by atoms with Crippen LogP contribution in [0.5, 0.6) is 0 Å². The molecule has 0 saturated carbocycles. The van der Waals surface area contributed by atoms with Crippen LogP contribution in [-0.4, -0.2) is 0 Å². The Labute approximate surface area is 91.4 Å². The van der Waals surface area contributed by atoms with Gasteiger partial charge < -0.3 is 0 Å². The summed E-state index contributed by atoms with van der Waals surface area (Å²) >= 11 is 0. The van der Waals surface area contributed by atoms with Gasteiger partial charge in [0.15, 0.2) is 0 Å². The normalized spacial score (nSPS) is 15.5. The Morgan fingerprint density at radius 2 is 2.07 bits per heavy atom. The van der Waals surface area contributed by atoms with Gasteiger partial charge in [-0.15, -0.1) is 0 Å². The molecule has 0 fully saturated rings. The zero-order valence-electron chi connectivity index (χ0n) is 9.09. The first-order chi connectivity index (χ1) is 7.13. The lowest BCUT2D eigenvalue weighted by atomic mass is 9.94. The molecule has 0 N–H and O–H groups in total. The molecule has 0 spiro atoms. The summed E-state index contributed by atoms with van der Waals surface area (Å²) in [5.74, 6) is 0. The average molecular weight is 197 g/mol.